The number of nitrogens with two attached hydrogens (primary N) is 1. The monoisotopic (exact) mass is 215 g/mol. The van der Waals surface area contributed by atoms with E-state index in [0.717, 1.165) is 17.0 Å². The van der Waals surface area contributed by atoms with Crippen LogP contribution in [-0.2, 0) is 0 Å². The van der Waals surface area contributed by atoms with Crippen molar-refractivity contribution in [1.82, 2.24) is 9.97 Å². The minimum atomic E-state index is 0.277. The molecule has 1 heterocycles. The fourth-order valence-corrected chi connectivity index (χ4v) is 1.45. The Morgan fingerprint density at radius 1 is 1.31 bits per heavy atom. The summed E-state index contributed by atoms with van der Waals surface area (Å²) in [5.41, 5.74) is 7.31. The molecule has 0 aliphatic carbocycles. The predicted octanol–water partition coefficient (Wildman–Crippen LogP) is 2.12. The maximum atomic E-state index is 5.54. The molecule has 0 saturated heterocycles. The molecular formula is C12H13N3O. The lowest BCUT2D eigenvalue weighted by molar-refractivity contribution is 0.340. The molecule has 0 spiro atoms. The fourth-order valence-electron chi connectivity index (χ4n) is 1.45. The largest absolute Gasteiger partial charge is 0.494 e. The number of ether oxygens (including phenoxy) is 1. The molecule has 0 saturated carbocycles. The van der Waals surface area contributed by atoms with Gasteiger partial charge < -0.3 is 10.5 Å². The smallest absolute Gasteiger partial charge is 0.220 e. The van der Waals surface area contributed by atoms with Gasteiger partial charge in [0.1, 0.15) is 5.75 Å². The van der Waals surface area contributed by atoms with Crippen molar-refractivity contribution < 1.29 is 4.74 Å². The van der Waals surface area contributed by atoms with Gasteiger partial charge in [0.2, 0.25) is 5.95 Å². The predicted molar refractivity (Wildman–Crippen MR) is 63.0 cm³/mol. The van der Waals surface area contributed by atoms with Crippen molar-refractivity contribution in [3.8, 4) is 17.0 Å². The van der Waals surface area contributed by atoms with Gasteiger partial charge in [-0.3, -0.25) is 0 Å². The van der Waals surface area contributed by atoms with Crippen molar-refractivity contribution >= 4 is 5.95 Å². The second kappa shape index (κ2) is 4.61. The summed E-state index contributed by atoms with van der Waals surface area (Å²) >= 11 is 0. The number of hydrogen-bond donors (Lipinski definition) is 1. The van der Waals surface area contributed by atoms with E-state index in [0.29, 0.717) is 6.61 Å². The highest BCUT2D eigenvalue weighted by atomic mass is 16.5. The summed E-state index contributed by atoms with van der Waals surface area (Å²) in [4.78, 5) is 8.02. The highest BCUT2D eigenvalue weighted by Gasteiger charge is 2.01. The Morgan fingerprint density at radius 3 is 2.94 bits per heavy atom. The summed E-state index contributed by atoms with van der Waals surface area (Å²) in [5.74, 6) is 1.11. The first-order valence-corrected chi connectivity index (χ1v) is 5.11. The van der Waals surface area contributed by atoms with E-state index in [2.05, 4.69) is 9.97 Å². The van der Waals surface area contributed by atoms with Gasteiger partial charge in [-0.2, -0.15) is 0 Å². The molecule has 82 valence electrons. The zero-order valence-corrected chi connectivity index (χ0v) is 9.05. The van der Waals surface area contributed by atoms with E-state index in [1.807, 2.05) is 37.3 Å². The van der Waals surface area contributed by atoms with Gasteiger partial charge in [-0.15, -0.1) is 0 Å². The normalized spacial score (nSPS) is 10.1. The SMILES string of the molecule is CCOc1cccc(-c2ccnc(N)n2)c1. The summed E-state index contributed by atoms with van der Waals surface area (Å²) < 4.78 is 5.42. The second-order valence-electron chi connectivity index (χ2n) is 3.26. The highest BCUT2D eigenvalue weighted by Crippen LogP contribution is 2.22. The first-order chi connectivity index (χ1) is 7.79. The van der Waals surface area contributed by atoms with Crippen LogP contribution in [0, 0.1) is 0 Å². The molecular weight excluding hydrogens is 202 g/mol. The van der Waals surface area contributed by atoms with E-state index in [9.17, 15) is 0 Å². The van der Waals surface area contributed by atoms with E-state index in [4.69, 9.17) is 10.5 Å². The third-order valence-corrected chi connectivity index (χ3v) is 2.12. The maximum absolute atomic E-state index is 5.54. The van der Waals surface area contributed by atoms with Crippen LogP contribution >= 0.6 is 0 Å². The number of rotatable bonds is 3. The first-order valence-electron chi connectivity index (χ1n) is 5.11. The second-order valence-corrected chi connectivity index (χ2v) is 3.26. The Hall–Kier alpha value is -2.10. The molecule has 1 aromatic heterocycles. The van der Waals surface area contributed by atoms with Gasteiger partial charge >= 0.3 is 0 Å². The molecule has 0 bridgehead atoms. The quantitative estimate of drug-likeness (QED) is 0.851. The molecule has 2 N–H and O–H groups in total. The van der Waals surface area contributed by atoms with Crippen LogP contribution in [0.2, 0.25) is 0 Å². The Balaban J connectivity index is 2.36. The van der Waals surface area contributed by atoms with Crippen LogP contribution in [0.1, 0.15) is 6.92 Å². The van der Waals surface area contributed by atoms with Gasteiger partial charge in [0.25, 0.3) is 0 Å². The van der Waals surface area contributed by atoms with Gasteiger partial charge in [0.05, 0.1) is 12.3 Å². The van der Waals surface area contributed by atoms with Crippen LogP contribution < -0.4 is 10.5 Å². The molecule has 0 aliphatic rings. The molecule has 0 unspecified atom stereocenters. The topological polar surface area (TPSA) is 61.0 Å². The highest BCUT2D eigenvalue weighted by molar-refractivity contribution is 5.61. The number of benzene rings is 1. The Morgan fingerprint density at radius 2 is 2.19 bits per heavy atom. The summed E-state index contributed by atoms with van der Waals surface area (Å²) in [6.45, 7) is 2.60. The number of nitrogen functional groups attached to an aromatic ring is 1. The summed E-state index contributed by atoms with van der Waals surface area (Å²) in [5, 5.41) is 0. The number of aromatic nitrogens is 2. The van der Waals surface area contributed by atoms with Gasteiger partial charge in [-0.25, -0.2) is 9.97 Å². The van der Waals surface area contributed by atoms with Crippen LogP contribution in [0.4, 0.5) is 5.95 Å². The molecule has 2 rings (SSSR count). The van der Waals surface area contributed by atoms with Gasteiger partial charge in [-0.1, -0.05) is 12.1 Å². The lowest BCUT2D eigenvalue weighted by atomic mass is 10.1. The molecule has 0 aliphatic heterocycles. The Kier molecular flexibility index (Phi) is 3.00. The van der Waals surface area contributed by atoms with Crippen molar-refractivity contribution in [3.05, 3.63) is 36.5 Å². The average molecular weight is 215 g/mol. The number of nitrogens with zero attached hydrogens (tertiary/aromatic N) is 2. The van der Waals surface area contributed by atoms with Crippen LogP contribution in [-0.4, -0.2) is 16.6 Å². The molecule has 4 heteroatoms. The lowest BCUT2D eigenvalue weighted by Gasteiger charge is -2.05. The third kappa shape index (κ3) is 2.28. The van der Waals surface area contributed by atoms with Crippen LogP contribution in [0.15, 0.2) is 36.5 Å². The van der Waals surface area contributed by atoms with Crippen molar-refractivity contribution in [2.75, 3.05) is 12.3 Å². The van der Waals surface area contributed by atoms with Gasteiger partial charge in [0.15, 0.2) is 0 Å². The Bertz CT molecular complexity index is 485. The number of anilines is 1. The standard InChI is InChI=1S/C12H13N3O/c1-2-16-10-5-3-4-9(8-10)11-6-7-14-12(13)15-11/h3-8H,2H2,1H3,(H2,13,14,15). The fraction of sp³-hybridized carbons (Fsp3) is 0.167. The zero-order valence-electron chi connectivity index (χ0n) is 9.05. The molecule has 0 amide bonds. The van der Waals surface area contributed by atoms with E-state index >= 15 is 0 Å². The number of hydrogen-bond acceptors (Lipinski definition) is 4. The summed E-state index contributed by atoms with van der Waals surface area (Å²) in [7, 11) is 0. The minimum absolute atomic E-state index is 0.277. The molecule has 0 radical (unpaired) electrons. The summed E-state index contributed by atoms with van der Waals surface area (Å²) in [6, 6.07) is 9.56. The van der Waals surface area contributed by atoms with Crippen LogP contribution in [0.3, 0.4) is 0 Å². The molecule has 16 heavy (non-hydrogen) atoms. The molecule has 0 atom stereocenters. The van der Waals surface area contributed by atoms with Gasteiger partial charge in [0, 0.05) is 11.8 Å². The minimum Gasteiger partial charge on any atom is -0.494 e. The third-order valence-electron chi connectivity index (χ3n) is 2.12. The van der Waals surface area contributed by atoms with Crippen molar-refractivity contribution in [3.63, 3.8) is 0 Å². The molecule has 2 aromatic rings. The van der Waals surface area contributed by atoms with Crippen LogP contribution in [0.25, 0.3) is 11.3 Å². The van der Waals surface area contributed by atoms with E-state index in [1.165, 1.54) is 0 Å². The van der Waals surface area contributed by atoms with Crippen molar-refractivity contribution in [2.45, 2.75) is 6.92 Å². The lowest BCUT2D eigenvalue weighted by Crippen LogP contribution is -1.96. The van der Waals surface area contributed by atoms with E-state index in [-0.39, 0.29) is 5.95 Å². The van der Waals surface area contributed by atoms with Crippen molar-refractivity contribution in [1.29, 1.82) is 0 Å². The first kappa shape index (κ1) is 10.4. The molecule has 4 nitrogen and oxygen atoms in total. The van der Waals surface area contributed by atoms with E-state index < -0.39 is 0 Å². The molecule has 1 aromatic carbocycles. The summed E-state index contributed by atoms with van der Waals surface area (Å²) in [6.07, 6.45) is 1.64. The zero-order chi connectivity index (χ0) is 11.4. The maximum Gasteiger partial charge on any atom is 0.220 e. The van der Waals surface area contributed by atoms with Crippen LogP contribution in [0.5, 0.6) is 5.75 Å². The van der Waals surface area contributed by atoms with E-state index in [1.54, 1.807) is 6.20 Å². The average Bonchev–Trinajstić information content (AvgIpc) is 2.30. The Labute approximate surface area is 94.1 Å². The van der Waals surface area contributed by atoms with Gasteiger partial charge in [-0.05, 0) is 25.1 Å². The molecule has 0 fully saturated rings. The van der Waals surface area contributed by atoms with Crippen molar-refractivity contribution in [2.24, 2.45) is 0 Å².